The van der Waals surface area contributed by atoms with Gasteiger partial charge in [0, 0.05) is 6.20 Å². The number of hydrogen-bond acceptors (Lipinski definition) is 6. The molecule has 6 heteroatoms. The van der Waals surface area contributed by atoms with E-state index >= 15 is 0 Å². The number of ether oxygens (including phenoxy) is 1. The third kappa shape index (κ3) is 3.97. The molecule has 1 N–H and O–H groups in total. The maximum absolute atomic E-state index is 12.3. The van der Waals surface area contributed by atoms with E-state index < -0.39 is 5.97 Å². The average Bonchev–Trinajstić information content (AvgIpc) is 2.92. The fourth-order valence-corrected chi connectivity index (χ4v) is 3.23. The smallest absolute Gasteiger partial charge is 0.344 e. The number of rotatable bonds is 4. The van der Waals surface area contributed by atoms with Crippen LogP contribution in [-0.2, 0) is 9.53 Å². The van der Waals surface area contributed by atoms with Gasteiger partial charge in [-0.2, -0.15) is 0 Å². The van der Waals surface area contributed by atoms with Crippen LogP contribution in [-0.4, -0.2) is 27.7 Å². The van der Waals surface area contributed by atoms with Gasteiger partial charge in [-0.25, -0.2) is 9.79 Å². The van der Waals surface area contributed by atoms with Crippen molar-refractivity contribution in [3.05, 3.63) is 76.7 Å². The van der Waals surface area contributed by atoms with Crippen LogP contribution in [0.15, 0.2) is 76.0 Å². The van der Waals surface area contributed by atoms with Gasteiger partial charge in [-0.1, -0.05) is 36.0 Å². The molecule has 126 valence electrons. The van der Waals surface area contributed by atoms with Crippen LogP contribution in [0.2, 0.25) is 0 Å². The van der Waals surface area contributed by atoms with Gasteiger partial charge in [0.1, 0.15) is 16.4 Å². The van der Waals surface area contributed by atoms with Gasteiger partial charge in [-0.3, -0.25) is 4.98 Å². The molecule has 25 heavy (non-hydrogen) atoms. The van der Waals surface area contributed by atoms with Crippen molar-refractivity contribution in [2.75, 3.05) is 6.61 Å². The number of hydrogen-bond donors (Lipinski definition) is 1. The zero-order valence-electron chi connectivity index (χ0n) is 13.5. The van der Waals surface area contributed by atoms with Crippen LogP contribution in [0.4, 0.5) is 5.69 Å². The highest BCUT2D eigenvalue weighted by atomic mass is 32.2. The Morgan fingerprint density at radius 3 is 2.68 bits per heavy atom. The SMILES string of the molecule is CCOC(=O)C1=C(O)/C(=C/c2ccccn2)SC1=Nc1ccccc1. The molecule has 0 saturated carbocycles. The number of aliphatic imine (C=N–C) groups is 1. The molecular formula is C19H16N2O3S. The largest absolute Gasteiger partial charge is 0.506 e. The van der Waals surface area contributed by atoms with Gasteiger partial charge in [0.25, 0.3) is 0 Å². The summed E-state index contributed by atoms with van der Waals surface area (Å²) in [6.45, 7) is 1.94. The molecule has 0 fully saturated rings. The van der Waals surface area contributed by atoms with Gasteiger partial charge in [0.05, 0.1) is 22.9 Å². The number of benzene rings is 1. The minimum absolute atomic E-state index is 0.0814. The monoisotopic (exact) mass is 352 g/mol. The number of pyridine rings is 1. The fourth-order valence-electron chi connectivity index (χ4n) is 2.21. The Labute approximate surface area is 149 Å². The summed E-state index contributed by atoms with van der Waals surface area (Å²) < 4.78 is 5.07. The molecule has 0 saturated heterocycles. The first-order chi connectivity index (χ1) is 12.2. The third-order valence-electron chi connectivity index (χ3n) is 3.32. The lowest BCUT2D eigenvalue weighted by Crippen LogP contribution is -2.12. The number of nitrogens with zero attached hydrogens (tertiary/aromatic N) is 2. The summed E-state index contributed by atoms with van der Waals surface area (Å²) >= 11 is 1.22. The molecule has 5 nitrogen and oxygen atoms in total. The first-order valence-corrected chi connectivity index (χ1v) is 8.56. The molecule has 1 aromatic carbocycles. The van der Waals surface area contributed by atoms with Crippen LogP contribution in [0.3, 0.4) is 0 Å². The predicted octanol–water partition coefficient (Wildman–Crippen LogP) is 4.27. The van der Waals surface area contributed by atoms with Gasteiger partial charge in [0.15, 0.2) is 0 Å². The van der Waals surface area contributed by atoms with Crippen molar-refractivity contribution in [3.63, 3.8) is 0 Å². The van der Waals surface area contributed by atoms with Crippen LogP contribution in [0.1, 0.15) is 12.6 Å². The Morgan fingerprint density at radius 2 is 2.00 bits per heavy atom. The summed E-state index contributed by atoms with van der Waals surface area (Å²) in [4.78, 5) is 21.5. The van der Waals surface area contributed by atoms with Crippen LogP contribution in [0.25, 0.3) is 6.08 Å². The Balaban J connectivity index is 2.03. The quantitative estimate of drug-likeness (QED) is 0.832. The Bertz CT molecular complexity index is 859. The summed E-state index contributed by atoms with van der Waals surface area (Å²) in [5.74, 6) is -0.726. The van der Waals surface area contributed by atoms with Gasteiger partial charge in [0.2, 0.25) is 0 Å². The van der Waals surface area contributed by atoms with E-state index in [4.69, 9.17) is 4.74 Å². The summed E-state index contributed by atoms with van der Waals surface area (Å²) in [5, 5.41) is 10.9. The molecule has 0 amide bonds. The van der Waals surface area contributed by atoms with Crippen molar-refractivity contribution >= 4 is 34.5 Å². The van der Waals surface area contributed by atoms with Crippen molar-refractivity contribution in [1.29, 1.82) is 0 Å². The standard InChI is InChI=1S/C19H16N2O3S/c1-2-24-19(23)16-17(22)15(12-14-10-6-7-11-20-14)25-18(16)21-13-8-4-3-5-9-13/h3-12,22H,2H2,1H3/b15-12-,21-18?. The Morgan fingerprint density at radius 1 is 1.24 bits per heavy atom. The lowest BCUT2D eigenvalue weighted by atomic mass is 10.2. The van der Waals surface area contributed by atoms with Gasteiger partial charge < -0.3 is 9.84 Å². The van der Waals surface area contributed by atoms with E-state index in [-0.39, 0.29) is 17.9 Å². The van der Waals surface area contributed by atoms with Crippen LogP contribution in [0, 0.1) is 0 Å². The van der Waals surface area contributed by atoms with E-state index in [0.717, 1.165) is 0 Å². The van der Waals surface area contributed by atoms with E-state index in [1.54, 1.807) is 19.2 Å². The van der Waals surface area contributed by atoms with E-state index in [2.05, 4.69) is 9.98 Å². The summed E-state index contributed by atoms with van der Waals surface area (Å²) in [7, 11) is 0. The second kappa shape index (κ2) is 7.81. The second-order valence-corrected chi connectivity index (χ2v) is 6.09. The Kier molecular flexibility index (Phi) is 5.30. The lowest BCUT2D eigenvalue weighted by Gasteiger charge is -2.03. The molecule has 0 bridgehead atoms. The molecule has 2 heterocycles. The second-order valence-electron chi connectivity index (χ2n) is 5.06. The van der Waals surface area contributed by atoms with Crippen molar-refractivity contribution < 1.29 is 14.6 Å². The minimum Gasteiger partial charge on any atom is -0.506 e. The zero-order valence-corrected chi connectivity index (χ0v) is 14.4. The normalized spacial score (nSPS) is 17.3. The zero-order chi connectivity index (χ0) is 17.6. The molecule has 3 rings (SSSR count). The molecule has 0 radical (unpaired) electrons. The Hall–Kier alpha value is -2.86. The molecule has 0 atom stereocenters. The molecule has 1 aromatic heterocycles. The molecule has 1 aliphatic heterocycles. The number of aromatic nitrogens is 1. The van der Waals surface area contributed by atoms with Crippen molar-refractivity contribution in [1.82, 2.24) is 4.98 Å². The summed E-state index contributed by atoms with van der Waals surface area (Å²) in [6.07, 6.45) is 3.38. The maximum Gasteiger partial charge on any atom is 0.344 e. The summed E-state index contributed by atoms with van der Waals surface area (Å²) in [5.41, 5.74) is 1.46. The van der Waals surface area contributed by atoms with E-state index in [1.165, 1.54) is 11.8 Å². The van der Waals surface area contributed by atoms with E-state index in [1.807, 2.05) is 48.5 Å². The number of carbonyl (C=O) groups is 1. The fraction of sp³-hybridized carbons (Fsp3) is 0.105. The van der Waals surface area contributed by atoms with E-state index in [9.17, 15) is 9.90 Å². The highest BCUT2D eigenvalue weighted by molar-refractivity contribution is 8.18. The van der Waals surface area contributed by atoms with Gasteiger partial charge in [-0.05, 0) is 37.3 Å². The molecule has 0 spiro atoms. The molecule has 0 unspecified atom stereocenters. The molecule has 0 aliphatic carbocycles. The predicted molar refractivity (Wildman–Crippen MR) is 99.6 cm³/mol. The van der Waals surface area contributed by atoms with Crippen molar-refractivity contribution in [3.8, 4) is 0 Å². The number of aliphatic hydroxyl groups excluding tert-OH is 1. The van der Waals surface area contributed by atoms with Crippen LogP contribution >= 0.6 is 11.8 Å². The number of aliphatic hydroxyl groups is 1. The third-order valence-corrected chi connectivity index (χ3v) is 4.34. The molecule has 1 aliphatic rings. The highest BCUT2D eigenvalue weighted by Crippen LogP contribution is 2.40. The molecular weight excluding hydrogens is 336 g/mol. The lowest BCUT2D eigenvalue weighted by molar-refractivity contribution is -0.138. The minimum atomic E-state index is -0.591. The average molecular weight is 352 g/mol. The summed E-state index contributed by atoms with van der Waals surface area (Å²) in [6, 6.07) is 14.7. The van der Waals surface area contributed by atoms with Crippen molar-refractivity contribution in [2.24, 2.45) is 4.99 Å². The van der Waals surface area contributed by atoms with Gasteiger partial charge in [-0.15, -0.1) is 0 Å². The van der Waals surface area contributed by atoms with Crippen LogP contribution in [0.5, 0.6) is 0 Å². The topological polar surface area (TPSA) is 71.8 Å². The number of esters is 1. The molecule has 2 aromatic rings. The van der Waals surface area contributed by atoms with Crippen LogP contribution < -0.4 is 0 Å². The maximum atomic E-state index is 12.3. The number of carbonyl (C=O) groups excluding carboxylic acids is 1. The van der Waals surface area contributed by atoms with Gasteiger partial charge >= 0.3 is 5.97 Å². The van der Waals surface area contributed by atoms with E-state index in [0.29, 0.717) is 21.3 Å². The first-order valence-electron chi connectivity index (χ1n) is 7.74. The highest BCUT2D eigenvalue weighted by Gasteiger charge is 2.33. The number of thioether (sulfide) groups is 1. The first kappa shape index (κ1) is 17.0. The van der Waals surface area contributed by atoms with Crippen molar-refractivity contribution in [2.45, 2.75) is 6.92 Å². The number of para-hydroxylation sites is 1.